The SMILES string of the molecule is COc1ccc(C(=O)N2CCC(Cn3c(C)cnc3-c3ccncc3)C2)c(OC)c1. The number of pyridine rings is 1. The van der Waals surface area contributed by atoms with Gasteiger partial charge in [0.25, 0.3) is 5.91 Å². The number of aromatic nitrogens is 3. The molecule has 3 heterocycles. The van der Waals surface area contributed by atoms with Crippen molar-refractivity contribution >= 4 is 5.91 Å². The molecule has 1 aliphatic rings. The Morgan fingerprint density at radius 3 is 2.70 bits per heavy atom. The first-order chi connectivity index (χ1) is 14.6. The summed E-state index contributed by atoms with van der Waals surface area (Å²) in [6.07, 6.45) is 6.41. The molecule has 0 aliphatic carbocycles. The average Bonchev–Trinajstić information content (AvgIpc) is 3.40. The van der Waals surface area contributed by atoms with E-state index in [9.17, 15) is 4.79 Å². The summed E-state index contributed by atoms with van der Waals surface area (Å²) in [5.41, 5.74) is 2.73. The average molecular weight is 406 g/mol. The number of carbonyl (C=O) groups excluding carboxylic acids is 1. The largest absolute Gasteiger partial charge is 0.497 e. The van der Waals surface area contributed by atoms with Gasteiger partial charge in [-0.25, -0.2) is 4.98 Å². The van der Waals surface area contributed by atoms with E-state index >= 15 is 0 Å². The van der Waals surface area contributed by atoms with Gasteiger partial charge in [0.1, 0.15) is 17.3 Å². The molecule has 1 atom stereocenters. The molecule has 0 spiro atoms. The van der Waals surface area contributed by atoms with Crippen molar-refractivity contribution in [2.45, 2.75) is 19.9 Å². The number of aryl methyl sites for hydroxylation is 1. The number of rotatable bonds is 6. The summed E-state index contributed by atoms with van der Waals surface area (Å²) in [4.78, 5) is 23.7. The Hall–Kier alpha value is -3.35. The second-order valence-corrected chi connectivity index (χ2v) is 7.54. The molecule has 4 rings (SSSR count). The number of benzene rings is 1. The molecular formula is C23H26N4O3. The molecule has 0 bridgehead atoms. The van der Waals surface area contributed by atoms with Crippen LogP contribution in [-0.4, -0.2) is 52.7 Å². The maximum Gasteiger partial charge on any atom is 0.257 e. The van der Waals surface area contributed by atoms with E-state index in [0.717, 1.165) is 36.6 Å². The fraction of sp³-hybridized carbons (Fsp3) is 0.348. The number of imidazole rings is 1. The number of likely N-dealkylation sites (tertiary alicyclic amines) is 1. The molecule has 1 aliphatic heterocycles. The van der Waals surface area contributed by atoms with Gasteiger partial charge in [-0.15, -0.1) is 0 Å². The van der Waals surface area contributed by atoms with Crippen LogP contribution in [0.5, 0.6) is 11.5 Å². The third-order valence-electron chi connectivity index (χ3n) is 5.65. The summed E-state index contributed by atoms with van der Waals surface area (Å²) in [6, 6.07) is 9.25. The number of hydrogen-bond donors (Lipinski definition) is 0. The third kappa shape index (κ3) is 3.87. The van der Waals surface area contributed by atoms with Crippen LogP contribution in [0.15, 0.2) is 48.9 Å². The van der Waals surface area contributed by atoms with E-state index in [-0.39, 0.29) is 5.91 Å². The van der Waals surface area contributed by atoms with Gasteiger partial charge >= 0.3 is 0 Å². The molecule has 2 aromatic heterocycles. The lowest BCUT2D eigenvalue weighted by Crippen LogP contribution is -2.29. The first-order valence-electron chi connectivity index (χ1n) is 10.0. The fourth-order valence-corrected chi connectivity index (χ4v) is 3.99. The van der Waals surface area contributed by atoms with Crippen LogP contribution in [0.2, 0.25) is 0 Å². The number of methoxy groups -OCH3 is 2. The van der Waals surface area contributed by atoms with Gasteiger partial charge in [-0.2, -0.15) is 0 Å². The monoisotopic (exact) mass is 406 g/mol. The molecule has 7 nitrogen and oxygen atoms in total. The van der Waals surface area contributed by atoms with Gasteiger partial charge in [0.05, 0.1) is 19.8 Å². The van der Waals surface area contributed by atoms with Crippen LogP contribution in [0.25, 0.3) is 11.4 Å². The van der Waals surface area contributed by atoms with Crippen LogP contribution in [0.3, 0.4) is 0 Å². The van der Waals surface area contributed by atoms with Crippen LogP contribution in [0, 0.1) is 12.8 Å². The quantitative estimate of drug-likeness (QED) is 0.627. The minimum atomic E-state index is -0.00582. The zero-order chi connectivity index (χ0) is 21.1. The minimum absolute atomic E-state index is 0.00582. The number of carbonyl (C=O) groups is 1. The molecule has 0 radical (unpaired) electrons. The van der Waals surface area contributed by atoms with Crippen molar-refractivity contribution in [3.8, 4) is 22.9 Å². The molecule has 1 unspecified atom stereocenters. The molecule has 7 heteroatoms. The smallest absolute Gasteiger partial charge is 0.257 e. The first-order valence-corrected chi connectivity index (χ1v) is 10.0. The summed E-state index contributed by atoms with van der Waals surface area (Å²) >= 11 is 0. The Morgan fingerprint density at radius 1 is 1.17 bits per heavy atom. The Bertz CT molecular complexity index is 1030. The molecule has 1 amide bonds. The topological polar surface area (TPSA) is 69.5 Å². The summed E-state index contributed by atoms with van der Waals surface area (Å²) in [5, 5.41) is 0. The lowest BCUT2D eigenvalue weighted by atomic mass is 10.1. The second kappa shape index (κ2) is 8.57. The van der Waals surface area contributed by atoms with E-state index in [1.54, 1.807) is 44.8 Å². The predicted molar refractivity (Wildman–Crippen MR) is 114 cm³/mol. The Balaban J connectivity index is 1.49. The zero-order valence-corrected chi connectivity index (χ0v) is 17.5. The van der Waals surface area contributed by atoms with Crippen LogP contribution in [0.1, 0.15) is 22.5 Å². The van der Waals surface area contributed by atoms with Crippen molar-refractivity contribution in [2.75, 3.05) is 27.3 Å². The normalized spacial score (nSPS) is 16.0. The van der Waals surface area contributed by atoms with Crippen LogP contribution < -0.4 is 9.47 Å². The van der Waals surface area contributed by atoms with Gasteiger partial charge in [-0.3, -0.25) is 9.78 Å². The van der Waals surface area contributed by atoms with Crippen molar-refractivity contribution in [1.82, 2.24) is 19.4 Å². The van der Waals surface area contributed by atoms with Crippen LogP contribution in [-0.2, 0) is 6.54 Å². The van der Waals surface area contributed by atoms with Gasteiger partial charge in [0, 0.05) is 55.5 Å². The maximum absolute atomic E-state index is 13.1. The maximum atomic E-state index is 13.1. The highest BCUT2D eigenvalue weighted by atomic mass is 16.5. The van der Waals surface area contributed by atoms with E-state index in [0.29, 0.717) is 29.5 Å². The zero-order valence-electron chi connectivity index (χ0n) is 17.5. The molecule has 1 saturated heterocycles. The van der Waals surface area contributed by atoms with E-state index < -0.39 is 0 Å². The third-order valence-corrected chi connectivity index (χ3v) is 5.65. The lowest BCUT2D eigenvalue weighted by Gasteiger charge is -2.19. The van der Waals surface area contributed by atoms with Gasteiger partial charge in [-0.1, -0.05) is 0 Å². The summed E-state index contributed by atoms with van der Waals surface area (Å²) in [7, 11) is 3.17. The van der Waals surface area contributed by atoms with Crippen molar-refractivity contribution < 1.29 is 14.3 Å². The number of ether oxygens (including phenoxy) is 2. The van der Waals surface area contributed by atoms with Crippen molar-refractivity contribution in [3.05, 3.63) is 60.2 Å². The van der Waals surface area contributed by atoms with Crippen molar-refractivity contribution in [1.29, 1.82) is 0 Å². The Kier molecular flexibility index (Phi) is 5.70. The van der Waals surface area contributed by atoms with Gasteiger partial charge < -0.3 is 18.9 Å². The van der Waals surface area contributed by atoms with E-state index in [1.807, 2.05) is 23.2 Å². The van der Waals surface area contributed by atoms with E-state index in [4.69, 9.17) is 9.47 Å². The summed E-state index contributed by atoms with van der Waals surface area (Å²) in [6.45, 7) is 4.34. The molecule has 0 saturated carbocycles. The minimum Gasteiger partial charge on any atom is -0.497 e. The Morgan fingerprint density at radius 2 is 1.97 bits per heavy atom. The van der Waals surface area contributed by atoms with Gasteiger partial charge in [0.15, 0.2) is 0 Å². The molecule has 156 valence electrons. The predicted octanol–water partition coefficient (Wildman–Crippen LogP) is 3.43. The molecule has 30 heavy (non-hydrogen) atoms. The molecule has 3 aromatic rings. The molecule has 0 N–H and O–H groups in total. The summed E-state index contributed by atoms with van der Waals surface area (Å²) < 4.78 is 12.9. The van der Waals surface area contributed by atoms with Crippen molar-refractivity contribution in [2.24, 2.45) is 5.92 Å². The molecule has 1 aromatic carbocycles. The second-order valence-electron chi connectivity index (χ2n) is 7.54. The number of amides is 1. The fourth-order valence-electron chi connectivity index (χ4n) is 3.99. The van der Waals surface area contributed by atoms with Crippen LogP contribution >= 0.6 is 0 Å². The highest BCUT2D eigenvalue weighted by Gasteiger charge is 2.29. The number of nitrogens with zero attached hydrogens (tertiary/aromatic N) is 4. The number of hydrogen-bond acceptors (Lipinski definition) is 5. The van der Waals surface area contributed by atoms with E-state index in [1.165, 1.54) is 0 Å². The molecular weight excluding hydrogens is 380 g/mol. The van der Waals surface area contributed by atoms with Gasteiger partial charge in [0.2, 0.25) is 0 Å². The van der Waals surface area contributed by atoms with E-state index in [2.05, 4.69) is 21.5 Å². The highest BCUT2D eigenvalue weighted by molar-refractivity contribution is 5.97. The summed E-state index contributed by atoms with van der Waals surface area (Å²) in [5.74, 6) is 2.51. The highest BCUT2D eigenvalue weighted by Crippen LogP contribution is 2.29. The standard InChI is InChI=1S/C23H26N4O3/c1-16-13-25-22(18-6-9-24-10-7-18)27(16)15-17-8-11-26(14-17)23(28)20-5-4-19(29-2)12-21(20)30-3/h4-7,9-10,12-13,17H,8,11,14-15H2,1-3H3. The van der Waals surface area contributed by atoms with Crippen LogP contribution in [0.4, 0.5) is 0 Å². The molecule has 1 fully saturated rings. The lowest BCUT2D eigenvalue weighted by molar-refractivity contribution is 0.0782. The van der Waals surface area contributed by atoms with Crippen molar-refractivity contribution in [3.63, 3.8) is 0 Å². The Labute approximate surface area is 176 Å². The first kappa shape index (κ1) is 19.9. The van der Waals surface area contributed by atoms with Gasteiger partial charge in [-0.05, 0) is 43.5 Å².